The summed E-state index contributed by atoms with van der Waals surface area (Å²) in [6.45, 7) is 1.78. The predicted molar refractivity (Wildman–Crippen MR) is 78.9 cm³/mol. The third kappa shape index (κ3) is 2.87. The maximum Gasteiger partial charge on any atom is 0.274 e. The number of fused-ring (bicyclic) bond motifs is 1. The average molecular weight is 352 g/mol. The van der Waals surface area contributed by atoms with E-state index in [1.807, 2.05) is 0 Å². The van der Waals surface area contributed by atoms with Gasteiger partial charge in [0.25, 0.3) is 5.56 Å². The van der Waals surface area contributed by atoms with Crippen molar-refractivity contribution in [3.8, 4) is 11.5 Å². The molecule has 1 aromatic heterocycles. The van der Waals surface area contributed by atoms with Crippen LogP contribution >= 0.6 is 15.9 Å². The number of benzene rings is 1. The van der Waals surface area contributed by atoms with Gasteiger partial charge in [-0.3, -0.25) is 9.78 Å². The average Bonchev–Trinajstić information content (AvgIpc) is 2.90. The van der Waals surface area contributed by atoms with Gasteiger partial charge in [0.1, 0.15) is 5.69 Å². The van der Waals surface area contributed by atoms with Crippen LogP contribution in [0.2, 0.25) is 0 Å². The van der Waals surface area contributed by atoms with E-state index in [9.17, 15) is 4.79 Å². The summed E-state index contributed by atoms with van der Waals surface area (Å²) in [7, 11) is 0. The summed E-state index contributed by atoms with van der Waals surface area (Å²) < 4.78 is 11.4. The van der Waals surface area contributed by atoms with Gasteiger partial charge in [0.15, 0.2) is 11.5 Å². The number of halogens is 1. The highest BCUT2D eigenvalue weighted by atomic mass is 79.9. The van der Waals surface area contributed by atoms with Gasteiger partial charge in [-0.2, -0.15) is 5.10 Å². The molecule has 21 heavy (non-hydrogen) atoms. The van der Waals surface area contributed by atoms with Gasteiger partial charge in [0, 0.05) is 10.0 Å². The monoisotopic (exact) mass is 351 g/mol. The van der Waals surface area contributed by atoms with Crippen LogP contribution in [0.15, 0.2) is 26.5 Å². The molecule has 0 unspecified atom stereocenters. The molecule has 1 aliphatic heterocycles. The van der Waals surface area contributed by atoms with Crippen LogP contribution in [0, 0.1) is 6.92 Å². The number of nitrogens with one attached hydrogen (secondary N) is 2. The third-order valence-corrected chi connectivity index (χ3v) is 3.41. The smallest absolute Gasteiger partial charge is 0.274 e. The zero-order valence-corrected chi connectivity index (χ0v) is 12.5. The Morgan fingerprint density at radius 3 is 2.90 bits per heavy atom. The van der Waals surface area contributed by atoms with Crippen LogP contribution in [0.3, 0.4) is 0 Å². The molecule has 2 aromatic rings. The van der Waals surface area contributed by atoms with Crippen molar-refractivity contribution in [1.82, 2.24) is 15.2 Å². The molecule has 9 heteroatoms. The Morgan fingerprint density at radius 1 is 1.38 bits per heavy atom. The van der Waals surface area contributed by atoms with E-state index in [0.29, 0.717) is 17.2 Å². The zero-order valence-electron chi connectivity index (χ0n) is 10.9. The van der Waals surface area contributed by atoms with E-state index in [-0.39, 0.29) is 18.3 Å². The van der Waals surface area contributed by atoms with Gasteiger partial charge in [-0.1, -0.05) is 0 Å². The lowest BCUT2D eigenvalue weighted by Crippen LogP contribution is -2.15. The van der Waals surface area contributed by atoms with Crippen molar-refractivity contribution >= 4 is 28.1 Å². The number of aromatic amines is 1. The molecular formula is C12H10BrN5O3. The largest absolute Gasteiger partial charge is 0.454 e. The SMILES string of the molecule is Cc1nnc(N/N=C\c2cc3c(cc2Br)OCO3)[nH]c1=O. The van der Waals surface area contributed by atoms with Gasteiger partial charge < -0.3 is 9.47 Å². The Kier molecular flexibility index (Phi) is 3.57. The first-order chi connectivity index (χ1) is 10.1. The normalized spacial score (nSPS) is 12.9. The molecule has 0 bridgehead atoms. The second-order valence-corrected chi connectivity index (χ2v) is 5.04. The van der Waals surface area contributed by atoms with E-state index in [1.165, 1.54) is 0 Å². The minimum Gasteiger partial charge on any atom is -0.454 e. The third-order valence-electron chi connectivity index (χ3n) is 2.73. The molecular weight excluding hydrogens is 342 g/mol. The molecule has 0 aliphatic carbocycles. The van der Waals surface area contributed by atoms with Crippen LogP contribution in [0.25, 0.3) is 0 Å². The molecule has 0 radical (unpaired) electrons. The molecule has 3 rings (SSSR count). The number of H-pyrrole nitrogens is 1. The standard InChI is InChI=1S/C12H10BrN5O3/c1-6-11(19)15-12(18-16-6)17-14-4-7-2-9-10(3-8(7)13)21-5-20-9/h2-4H,5H2,1H3,(H2,15,17,18,19)/b14-4-. The fourth-order valence-electron chi connectivity index (χ4n) is 1.64. The van der Waals surface area contributed by atoms with Crippen molar-refractivity contribution < 1.29 is 9.47 Å². The van der Waals surface area contributed by atoms with Gasteiger partial charge >= 0.3 is 0 Å². The van der Waals surface area contributed by atoms with Crippen LogP contribution in [0.1, 0.15) is 11.3 Å². The topological polar surface area (TPSA) is 101 Å². The molecule has 1 aromatic carbocycles. The maximum absolute atomic E-state index is 11.4. The number of hydrogen-bond acceptors (Lipinski definition) is 7. The molecule has 0 atom stereocenters. The van der Waals surface area contributed by atoms with E-state index >= 15 is 0 Å². The van der Waals surface area contributed by atoms with Crippen LogP contribution in [-0.2, 0) is 0 Å². The first-order valence-electron chi connectivity index (χ1n) is 5.95. The van der Waals surface area contributed by atoms with E-state index in [2.05, 4.69) is 41.6 Å². The van der Waals surface area contributed by atoms with Crippen LogP contribution in [-0.4, -0.2) is 28.2 Å². The molecule has 108 valence electrons. The fourth-order valence-corrected chi connectivity index (χ4v) is 2.06. The van der Waals surface area contributed by atoms with Gasteiger partial charge in [-0.15, -0.1) is 10.2 Å². The second-order valence-electron chi connectivity index (χ2n) is 4.19. The molecule has 2 N–H and O–H groups in total. The molecule has 0 saturated heterocycles. The minimum absolute atomic E-state index is 0.165. The van der Waals surface area contributed by atoms with E-state index < -0.39 is 0 Å². The maximum atomic E-state index is 11.4. The zero-order chi connectivity index (χ0) is 14.8. The van der Waals surface area contributed by atoms with Crippen molar-refractivity contribution in [3.05, 3.63) is 38.2 Å². The van der Waals surface area contributed by atoms with E-state index in [1.54, 1.807) is 25.3 Å². The minimum atomic E-state index is -0.313. The highest BCUT2D eigenvalue weighted by Gasteiger charge is 2.15. The molecule has 8 nitrogen and oxygen atoms in total. The summed E-state index contributed by atoms with van der Waals surface area (Å²) in [5, 5.41) is 11.5. The van der Waals surface area contributed by atoms with Gasteiger partial charge in [0.05, 0.1) is 6.21 Å². The van der Waals surface area contributed by atoms with Gasteiger partial charge in [-0.05, 0) is 35.0 Å². The highest BCUT2D eigenvalue weighted by Crippen LogP contribution is 2.36. The highest BCUT2D eigenvalue weighted by molar-refractivity contribution is 9.10. The number of aryl methyl sites for hydroxylation is 1. The summed E-state index contributed by atoms with van der Waals surface area (Å²) in [5.41, 5.74) is 3.37. The number of aromatic nitrogens is 3. The molecule has 0 amide bonds. The van der Waals surface area contributed by atoms with E-state index in [4.69, 9.17) is 9.47 Å². The molecule has 0 spiro atoms. The van der Waals surface area contributed by atoms with Crippen molar-refractivity contribution in [3.63, 3.8) is 0 Å². The van der Waals surface area contributed by atoms with Crippen molar-refractivity contribution in [2.75, 3.05) is 12.2 Å². The molecule has 0 saturated carbocycles. The lowest BCUT2D eigenvalue weighted by molar-refractivity contribution is 0.174. The van der Waals surface area contributed by atoms with E-state index in [0.717, 1.165) is 10.0 Å². The lowest BCUT2D eigenvalue weighted by atomic mass is 10.2. The fraction of sp³-hybridized carbons (Fsp3) is 0.167. The van der Waals surface area contributed by atoms with Crippen molar-refractivity contribution in [2.45, 2.75) is 6.92 Å². The summed E-state index contributed by atoms with van der Waals surface area (Å²) >= 11 is 3.42. The van der Waals surface area contributed by atoms with Crippen LogP contribution < -0.4 is 20.5 Å². The predicted octanol–water partition coefficient (Wildman–Crippen LogP) is 1.41. The second kappa shape index (κ2) is 5.52. The van der Waals surface area contributed by atoms with Crippen LogP contribution in [0.5, 0.6) is 11.5 Å². The number of ether oxygens (including phenoxy) is 2. The summed E-state index contributed by atoms with van der Waals surface area (Å²) in [6, 6.07) is 3.60. The first-order valence-corrected chi connectivity index (χ1v) is 6.74. The number of hydrogen-bond donors (Lipinski definition) is 2. The van der Waals surface area contributed by atoms with Gasteiger partial charge in [0.2, 0.25) is 12.7 Å². The van der Waals surface area contributed by atoms with Crippen molar-refractivity contribution in [2.24, 2.45) is 5.10 Å². The Hall–Kier alpha value is -2.42. The summed E-state index contributed by atoms with van der Waals surface area (Å²) in [4.78, 5) is 13.9. The van der Waals surface area contributed by atoms with Crippen molar-refractivity contribution in [1.29, 1.82) is 0 Å². The van der Waals surface area contributed by atoms with Crippen LogP contribution in [0.4, 0.5) is 5.95 Å². The number of nitrogens with zero attached hydrogens (tertiary/aromatic N) is 3. The Morgan fingerprint density at radius 2 is 2.14 bits per heavy atom. The lowest BCUT2D eigenvalue weighted by Gasteiger charge is -2.02. The molecule has 0 fully saturated rings. The Bertz CT molecular complexity index is 774. The molecule has 2 heterocycles. The van der Waals surface area contributed by atoms with Gasteiger partial charge in [-0.25, -0.2) is 5.43 Å². The Balaban J connectivity index is 1.77. The summed E-state index contributed by atoms with van der Waals surface area (Å²) in [5.74, 6) is 1.50. The molecule has 1 aliphatic rings. The number of anilines is 1. The first kappa shape index (κ1) is 13.6. The quantitative estimate of drug-likeness (QED) is 0.640. The number of rotatable bonds is 3. The summed E-state index contributed by atoms with van der Waals surface area (Å²) in [6.07, 6.45) is 1.56. The Labute approximate surface area is 127 Å². The number of hydrazone groups is 1.